The Labute approximate surface area is 147 Å². The molecule has 0 spiro atoms. The van der Waals surface area contributed by atoms with Crippen LogP contribution in [0.1, 0.15) is 55.8 Å². The number of hydrazine groups is 1. The zero-order chi connectivity index (χ0) is 18.1. The van der Waals surface area contributed by atoms with Crippen LogP contribution in [0.4, 0.5) is 0 Å². The second kappa shape index (κ2) is 9.66. The van der Waals surface area contributed by atoms with Crippen LogP contribution >= 0.6 is 0 Å². The highest BCUT2D eigenvalue weighted by Crippen LogP contribution is 2.18. The number of carbonyl (C=O) groups is 3. The second-order valence-corrected chi connectivity index (χ2v) is 6.09. The summed E-state index contributed by atoms with van der Waals surface area (Å²) in [7, 11) is 0. The minimum atomic E-state index is -0.882. The van der Waals surface area contributed by atoms with Crippen LogP contribution < -0.4 is 20.9 Å². The number of benzene rings is 1. The Kier molecular flexibility index (Phi) is 7.25. The third kappa shape index (κ3) is 6.82. The van der Waals surface area contributed by atoms with Gasteiger partial charge in [-0.05, 0) is 43.5 Å². The van der Waals surface area contributed by atoms with Crippen LogP contribution in [0.2, 0.25) is 0 Å². The lowest BCUT2D eigenvalue weighted by atomic mass is 10.2. The van der Waals surface area contributed by atoms with Crippen LogP contribution in [0.5, 0.6) is 5.75 Å². The van der Waals surface area contributed by atoms with E-state index in [-0.39, 0.29) is 6.04 Å². The maximum atomic E-state index is 12.0. The molecule has 0 aromatic heterocycles. The Balaban J connectivity index is 1.70. The summed E-state index contributed by atoms with van der Waals surface area (Å²) in [6.45, 7) is 2.81. The topological polar surface area (TPSA) is 96.5 Å². The molecule has 0 atom stereocenters. The number of hydrogen-bond donors (Lipinski definition) is 3. The molecule has 7 heteroatoms. The van der Waals surface area contributed by atoms with E-state index in [1.165, 1.54) is 12.8 Å². The molecule has 1 aliphatic rings. The maximum Gasteiger partial charge on any atom is 0.327 e. The molecule has 0 heterocycles. The van der Waals surface area contributed by atoms with Crippen LogP contribution in [-0.2, 0) is 9.59 Å². The Morgan fingerprint density at radius 2 is 1.72 bits per heavy atom. The van der Waals surface area contributed by atoms with Crippen molar-refractivity contribution in [1.29, 1.82) is 0 Å². The third-order valence-electron chi connectivity index (χ3n) is 3.79. The van der Waals surface area contributed by atoms with E-state index >= 15 is 0 Å². The van der Waals surface area contributed by atoms with E-state index in [4.69, 9.17) is 4.74 Å². The summed E-state index contributed by atoms with van der Waals surface area (Å²) in [5.74, 6) is -1.43. The van der Waals surface area contributed by atoms with Crippen LogP contribution in [-0.4, -0.2) is 30.4 Å². The van der Waals surface area contributed by atoms with E-state index < -0.39 is 17.7 Å². The molecule has 1 fully saturated rings. The van der Waals surface area contributed by atoms with Gasteiger partial charge in [0.2, 0.25) is 0 Å². The molecule has 7 nitrogen and oxygen atoms in total. The van der Waals surface area contributed by atoms with Gasteiger partial charge < -0.3 is 10.1 Å². The zero-order valence-corrected chi connectivity index (χ0v) is 14.5. The highest BCUT2D eigenvalue weighted by atomic mass is 16.5. The summed E-state index contributed by atoms with van der Waals surface area (Å²) in [5.41, 5.74) is 4.68. The number of rotatable bonds is 8. The normalized spacial score (nSPS) is 13.0. The van der Waals surface area contributed by atoms with Gasteiger partial charge >= 0.3 is 11.8 Å². The summed E-state index contributed by atoms with van der Waals surface area (Å²) < 4.78 is 5.61. The molecule has 1 aliphatic carbocycles. The number of amides is 3. The lowest BCUT2D eigenvalue weighted by Gasteiger charge is -2.09. The molecule has 3 amide bonds. The fourth-order valence-corrected chi connectivity index (χ4v) is 2.14. The summed E-state index contributed by atoms with van der Waals surface area (Å²) in [5, 5.41) is 2.54. The number of ether oxygens (including phenoxy) is 1. The van der Waals surface area contributed by atoms with Gasteiger partial charge in [-0.3, -0.25) is 25.2 Å². The maximum absolute atomic E-state index is 12.0. The van der Waals surface area contributed by atoms with Crippen molar-refractivity contribution in [2.75, 3.05) is 6.61 Å². The van der Waals surface area contributed by atoms with Gasteiger partial charge in [-0.2, -0.15) is 0 Å². The monoisotopic (exact) mass is 347 g/mol. The van der Waals surface area contributed by atoms with Crippen molar-refractivity contribution < 1.29 is 19.1 Å². The molecule has 1 saturated carbocycles. The lowest BCUT2D eigenvalue weighted by Crippen LogP contribution is -2.48. The Hall–Kier alpha value is -2.57. The number of hydrogen-bond acceptors (Lipinski definition) is 4. The molecule has 1 aromatic carbocycles. The van der Waals surface area contributed by atoms with Gasteiger partial charge in [-0.15, -0.1) is 0 Å². The van der Waals surface area contributed by atoms with Crippen LogP contribution in [0, 0.1) is 0 Å². The molecule has 3 N–H and O–H groups in total. The number of nitrogens with one attached hydrogen (secondary N) is 3. The van der Waals surface area contributed by atoms with Crippen LogP contribution in [0.3, 0.4) is 0 Å². The number of unbranched alkanes of at least 4 members (excludes halogenated alkanes) is 3. The largest absolute Gasteiger partial charge is 0.494 e. The highest BCUT2D eigenvalue weighted by Gasteiger charge is 2.26. The van der Waals surface area contributed by atoms with Gasteiger partial charge in [0.25, 0.3) is 5.91 Å². The fourth-order valence-electron chi connectivity index (χ4n) is 2.14. The summed E-state index contributed by atoms with van der Waals surface area (Å²) in [4.78, 5) is 34.9. The minimum absolute atomic E-state index is 0.0865. The number of carbonyl (C=O) groups excluding carboxylic acids is 3. The molecule has 25 heavy (non-hydrogen) atoms. The SMILES string of the molecule is CCCCCCOc1ccc(C(=O)NNC(=O)C(=O)NC2CC2)cc1. The molecular formula is C18H25N3O4. The van der Waals surface area contributed by atoms with Crippen molar-refractivity contribution >= 4 is 17.7 Å². The molecule has 2 rings (SSSR count). The summed E-state index contributed by atoms with van der Waals surface area (Å²) in [6, 6.07) is 6.70. The van der Waals surface area contributed by atoms with Crippen molar-refractivity contribution in [3.05, 3.63) is 29.8 Å². The van der Waals surface area contributed by atoms with Crippen LogP contribution in [0.25, 0.3) is 0 Å². The fraction of sp³-hybridized carbons (Fsp3) is 0.500. The first-order valence-corrected chi connectivity index (χ1v) is 8.74. The predicted octanol–water partition coefficient (Wildman–Crippen LogP) is 1.69. The van der Waals surface area contributed by atoms with Gasteiger partial charge in [-0.1, -0.05) is 26.2 Å². The molecule has 0 bridgehead atoms. The van der Waals surface area contributed by atoms with Gasteiger partial charge in [0.1, 0.15) is 5.75 Å². The first-order chi connectivity index (χ1) is 12.1. The Morgan fingerprint density at radius 3 is 2.36 bits per heavy atom. The molecular weight excluding hydrogens is 322 g/mol. The van der Waals surface area contributed by atoms with E-state index in [1.807, 2.05) is 0 Å². The van der Waals surface area contributed by atoms with Gasteiger partial charge in [0.05, 0.1) is 6.61 Å². The average Bonchev–Trinajstić information content (AvgIpc) is 3.43. The summed E-state index contributed by atoms with van der Waals surface area (Å²) >= 11 is 0. The first kappa shape index (κ1) is 18.8. The minimum Gasteiger partial charge on any atom is -0.494 e. The third-order valence-corrected chi connectivity index (χ3v) is 3.79. The van der Waals surface area contributed by atoms with E-state index in [1.54, 1.807) is 24.3 Å². The quantitative estimate of drug-likeness (QED) is 0.379. The van der Waals surface area contributed by atoms with Crippen molar-refractivity contribution in [2.45, 2.75) is 51.5 Å². The molecule has 0 radical (unpaired) electrons. The van der Waals surface area contributed by atoms with E-state index in [2.05, 4.69) is 23.1 Å². The smallest absolute Gasteiger partial charge is 0.327 e. The highest BCUT2D eigenvalue weighted by molar-refractivity contribution is 6.35. The average molecular weight is 347 g/mol. The van der Waals surface area contributed by atoms with Crippen LogP contribution in [0.15, 0.2) is 24.3 Å². The zero-order valence-electron chi connectivity index (χ0n) is 14.5. The standard InChI is InChI=1S/C18H25N3O4/c1-2-3-4-5-12-25-15-10-6-13(7-11-15)16(22)20-21-18(24)17(23)19-14-8-9-14/h6-7,10-11,14H,2-5,8-9,12H2,1H3,(H,19,23)(H,20,22)(H,21,24). The molecule has 0 unspecified atom stereocenters. The predicted molar refractivity (Wildman–Crippen MR) is 92.9 cm³/mol. The van der Waals surface area contributed by atoms with E-state index in [0.717, 1.165) is 25.7 Å². The van der Waals surface area contributed by atoms with Gasteiger partial charge in [-0.25, -0.2) is 0 Å². The van der Waals surface area contributed by atoms with E-state index in [0.29, 0.717) is 17.9 Å². The van der Waals surface area contributed by atoms with Crippen molar-refractivity contribution in [3.8, 4) is 5.75 Å². The summed E-state index contributed by atoms with van der Waals surface area (Å²) in [6.07, 6.45) is 6.31. The first-order valence-electron chi connectivity index (χ1n) is 8.74. The Bertz CT molecular complexity index is 597. The molecule has 136 valence electrons. The second-order valence-electron chi connectivity index (χ2n) is 6.09. The lowest BCUT2D eigenvalue weighted by molar-refractivity contribution is -0.139. The van der Waals surface area contributed by atoms with Gasteiger partial charge in [0, 0.05) is 11.6 Å². The molecule has 0 saturated heterocycles. The van der Waals surface area contributed by atoms with Crippen molar-refractivity contribution in [3.63, 3.8) is 0 Å². The Morgan fingerprint density at radius 1 is 1.00 bits per heavy atom. The molecule has 1 aromatic rings. The van der Waals surface area contributed by atoms with E-state index in [9.17, 15) is 14.4 Å². The molecule has 0 aliphatic heterocycles. The van der Waals surface area contributed by atoms with Crippen molar-refractivity contribution in [1.82, 2.24) is 16.2 Å². The van der Waals surface area contributed by atoms with Gasteiger partial charge in [0.15, 0.2) is 0 Å². The van der Waals surface area contributed by atoms with Crippen molar-refractivity contribution in [2.24, 2.45) is 0 Å².